The summed E-state index contributed by atoms with van der Waals surface area (Å²) in [5, 5.41) is 11.1. The number of amides is 1. The average Bonchev–Trinajstić information content (AvgIpc) is 3.34. The number of alkyl halides is 3. The molecular formula is C18H10F3N5OS. The van der Waals surface area contributed by atoms with Crippen LogP contribution in [0.4, 0.5) is 18.9 Å². The number of rotatable bonds is 2. The molecule has 10 heteroatoms. The molecule has 0 radical (unpaired) electrons. The van der Waals surface area contributed by atoms with Gasteiger partial charge in [-0.15, -0.1) is 10.2 Å². The van der Waals surface area contributed by atoms with Crippen molar-refractivity contribution in [3.8, 4) is 10.6 Å². The van der Waals surface area contributed by atoms with E-state index in [0.29, 0.717) is 32.9 Å². The van der Waals surface area contributed by atoms with Gasteiger partial charge in [-0.3, -0.25) is 4.79 Å². The fourth-order valence-electron chi connectivity index (χ4n) is 3.16. The van der Waals surface area contributed by atoms with Crippen LogP contribution in [-0.4, -0.2) is 25.7 Å². The van der Waals surface area contributed by atoms with Crippen LogP contribution >= 0.6 is 11.3 Å². The van der Waals surface area contributed by atoms with Crippen molar-refractivity contribution in [2.24, 2.45) is 0 Å². The second kappa shape index (κ2) is 5.86. The van der Waals surface area contributed by atoms with Gasteiger partial charge in [0.25, 0.3) is 11.7 Å². The number of benzene rings is 2. The summed E-state index contributed by atoms with van der Waals surface area (Å²) >= 11 is 1.01. The zero-order valence-electron chi connectivity index (χ0n) is 14.0. The minimum absolute atomic E-state index is 0.0663. The Morgan fingerprint density at radius 3 is 2.46 bits per heavy atom. The number of fused-ring (bicyclic) bond motifs is 2. The highest BCUT2D eigenvalue weighted by atomic mass is 32.1. The van der Waals surface area contributed by atoms with Gasteiger partial charge < -0.3 is 4.90 Å². The molecule has 6 nitrogen and oxygen atoms in total. The molecule has 1 aliphatic heterocycles. The first-order valence-electron chi connectivity index (χ1n) is 8.21. The van der Waals surface area contributed by atoms with Gasteiger partial charge in [0.1, 0.15) is 5.01 Å². The molecule has 0 spiro atoms. The van der Waals surface area contributed by atoms with Gasteiger partial charge in [-0.2, -0.15) is 22.8 Å². The molecule has 0 bridgehead atoms. The summed E-state index contributed by atoms with van der Waals surface area (Å²) in [5.74, 6) is -1.22. The lowest BCUT2D eigenvalue weighted by molar-refractivity contribution is -0.146. The third-order valence-electron chi connectivity index (χ3n) is 4.49. The molecule has 0 N–H and O–H groups in total. The van der Waals surface area contributed by atoms with E-state index in [9.17, 15) is 18.0 Å². The Morgan fingerprint density at radius 2 is 1.75 bits per heavy atom. The predicted molar refractivity (Wildman–Crippen MR) is 96.1 cm³/mol. The third kappa shape index (κ3) is 2.56. The zero-order valence-corrected chi connectivity index (χ0v) is 14.8. The fraction of sp³-hybridized carbons (Fsp3) is 0.111. The first-order chi connectivity index (χ1) is 13.4. The summed E-state index contributed by atoms with van der Waals surface area (Å²) in [7, 11) is 0. The minimum Gasteiger partial charge on any atom is -0.304 e. The minimum atomic E-state index is -4.63. The van der Waals surface area contributed by atoms with Gasteiger partial charge in [0, 0.05) is 16.8 Å². The van der Waals surface area contributed by atoms with Crippen LogP contribution in [0.5, 0.6) is 0 Å². The quantitative estimate of drug-likeness (QED) is 0.509. The maximum Gasteiger partial charge on any atom is 0.453 e. The van der Waals surface area contributed by atoms with Crippen molar-refractivity contribution in [2.75, 3.05) is 4.90 Å². The number of aromatic nitrogens is 4. The van der Waals surface area contributed by atoms with Crippen LogP contribution in [0, 0.1) is 0 Å². The molecule has 1 amide bonds. The third-order valence-corrected chi connectivity index (χ3v) is 5.44. The monoisotopic (exact) mass is 401 g/mol. The Labute approximate surface area is 159 Å². The van der Waals surface area contributed by atoms with Crippen molar-refractivity contribution in [2.45, 2.75) is 12.7 Å². The molecule has 3 heterocycles. The van der Waals surface area contributed by atoms with Gasteiger partial charge in [-0.05, 0) is 35.9 Å². The Balaban J connectivity index is 1.46. The first kappa shape index (κ1) is 16.9. The van der Waals surface area contributed by atoms with E-state index in [-0.39, 0.29) is 10.9 Å². The average molecular weight is 401 g/mol. The van der Waals surface area contributed by atoms with Crippen molar-refractivity contribution < 1.29 is 18.0 Å². The Morgan fingerprint density at radius 1 is 1.00 bits per heavy atom. The molecule has 0 saturated heterocycles. The molecule has 2 aromatic carbocycles. The number of hydrogen-bond donors (Lipinski definition) is 0. The van der Waals surface area contributed by atoms with E-state index in [4.69, 9.17) is 0 Å². The molecule has 0 aliphatic carbocycles. The normalized spacial score (nSPS) is 14.1. The van der Waals surface area contributed by atoms with Gasteiger partial charge in [-0.25, -0.2) is 0 Å². The smallest absolute Gasteiger partial charge is 0.304 e. The zero-order chi connectivity index (χ0) is 19.5. The van der Waals surface area contributed by atoms with E-state index >= 15 is 0 Å². The summed E-state index contributed by atoms with van der Waals surface area (Å²) < 4.78 is 39.5. The molecule has 0 fully saturated rings. The van der Waals surface area contributed by atoms with Crippen LogP contribution in [-0.2, 0) is 12.7 Å². The Kier molecular flexibility index (Phi) is 3.53. The van der Waals surface area contributed by atoms with Crippen LogP contribution in [0.25, 0.3) is 15.5 Å². The maximum absolute atomic E-state index is 12.9. The van der Waals surface area contributed by atoms with Crippen LogP contribution in [0.2, 0.25) is 0 Å². The molecule has 2 aromatic heterocycles. The number of nitrogens with zero attached hydrogens (tertiary/aromatic N) is 5. The number of halogens is 3. The van der Waals surface area contributed by atoms with Gasteiger partial charge >= 0.3 is 6.18 Å². The van der Waals surface area contributed by atoms with Crippen molar-refractivity contribution in [1.29, 1.82) is 0 Å². The molecular weight excluding hydrogens is 391 g/mol. The van der Waals surface area contributed by atoms with Crippen LogP contribution in [0.1, 0.15) is 21.7 Å². The molecule has 28 heavy (non-hydrogen) atoms. The molecule has 0 unspecified atom stereocenters. The molecule has 1 aliphatic rings. The van der Waals surface area contributed by atoms with Crippen molar-refractivity contribution in [3.63, 3.8) is 0 Å². The van der Waals surface area contributed by atoms with Crippen LogP contribution in [0.3, 0.4) is 0 Å². The van der Waals surface area contributed by atoms with Crippen molar-refractivity contribution in [3.05, 3.63) is 65.5 Å². The highest BCUT2D eigenvalue weighted by molar-refractivity contribution is 7.19. The lowest BCUT2D eigenvalue weighted by Crippen LogP contribution is -2.22. The van der Waals surface area contributed by atoms with Gasteiger partial charge in [-0.1, -0.05) is 29.5 Å². The van der Waals surface area contributed by atoms with Gasteiger partial charge in [0.2, 0.25) is 4.96 Å². The topological polar surface area (TPSA) is 63.4 Å². The number of anilines is 1. The molecule has 0 atom stereocenters. The van der Waals surface area contributed by atoms with E-state index in [1.165, 1.54) is 0 Å². The van der Waals surface area contributed by atoms with E-state index in [1.54, 1.807) is 35.2 Å². The van der Waals surface area contributed by atoms with Crippen LogP contribution < -0.4 is 4.90 Å². The standard InChI is InChI=1S/C18H10F3N5OS/c19-18(20,21)16-22-23-17-26(16)24-14(28-17)10-5-7-12(8-6-10)25-9-11-3-1-2-4-13(11)15(25)27/h1-8H,9H2. The molecule has 5 rings (SSSR count). The predicted octanol–water partition coefficient (Wildman–Crippen LogP) is 4.03. The Bertz CT molecular complexity index is 1210. The van der Waals surface area contributed by atoms with E-state index < -0.39 is 12.0 Å². The summed E-state index contributed by atoms with van der Waals surface area (Å²) in [4.78, 5) is 14.3. The number of carbonyl (C=O) groups excluding carboxylic acids is 1. The maximum atomic E-state index is 12.9. The SMILES string of the molecule is O=C1c2ccccc2CN1c1ccc(-c2nn3c(C(F)(F)F)nnc3s2)cc1. The molecule has 0 saturated carbocycles. The van der Waals surface area contributed by atoms with Crippen molar-refractivity contribution in [1.82, 2.24) is 19.8 Å². The summed E-state index contributed by atoms with van der Waals surface area (Å²) in [6.07, 6.45) is -4.63. The Hall–Kier alpha value is -3.27. The van der Waals surface area contributed by atoms with E-state index in [2.05, 4.69) is 15.3 Å². The molecule has 140 valence electrons. The number of hydrogen-bond acceptors (Lipinski definition) is 5. The summed E-state index contributed by atoms with van der Waals surface area (Å²) in [6, 6.07) is 14.4. The van der Waals surface area contributed by atoms with Gasteiger partial charge in [0.05, 0.1) is 6.54 Å². The largest absolute Gasteiger partial charge is 0.453 e. The highest BCUT2D eigenvalue weighted by Crippen LogP contribution is 2.33. The fourth-order valence-corrected chi connectivity index (χ4v) is 4.00. The highest BCUT2D eigenvalue weighted by Gasteiger charge is 2.38. The van der Waals surface area contributed by atoms with Crippen LogP contribution in [0.15, 0.2) is 48.5 Å². The first-order valence-corrected chi connectivity index (χ1v) is 9.03. The second-order valence-electron chi connectivity index (χ2n) is 6.22. The van der Waals surface area contributed by atoms with Crippen molar-refractivity contribution >= 4 is 27.9 Å². The summed E-state index contributed by atoms with van der Waals surface area (Å²) in [5.41, 5.74) is 2.99. The lowest BCUT2D eigenvalue weighted by atomic mass is 10.1. The second-order valence-corrected chi connectivity index (χ2v) is 7.17. The summed E-state index contributed by atoms with van der Waals surface area (Å²) in [6.45, 7) is 0.486. The number of carbonyl (C=O) groups is 1. The van der Waals surface area contributed by atoms with Gasteiger partial charge in [0.15, 0.2) is 0 Å². The van der Waals surface area contributed by atoms with E-state index in [1.807, 2.05) is 18.2 Å². The molecule has 4 aromatic rings. The lowest BCUT2D eigenvalue weighted by Gasteiger charge is -2.15. The van der Waals surface area contributed by atoms with E-state index in [0.717, 1.165) is 16.9 Å².